The van der Waals surface area contributed by atoms with E-state index in [9.17, 15) is 4.79 Å². The maximum atomic E-state index is 12.6. The number of nitrogens with zero attached hydrogens (tertiary/aromatic N) is 2. The van der Waals surface area contributed by atoms with Crippen LogP contribution in [0.15, 0.2) is 30.3 Å². The van der Waals surface area contributed by atoms with Gasteiger partial charge in [0, 0.05) is 6.54 Å². The van der Waals surface area contributed by atoms with E-state index in [-0.39, 0.29) is 17.7 Å². The molecule has 0 unspecified atom stereocenters. The number of aromatic nitrogens is 3. The van der Waals surface area contributed by atoms with E-state index < -0.39 is 0 Å². The molecule has 0 bridgehead atoms. The van der Waals surface area contributed by atoms with Crippen LogP contribution in [-0.2, 0) is 17.9 Å². The lowest BCUT2D eigenvalue weighted by Gasteiger charge is -2.20. The average molecular weight is 318 g/mol. The zero-order valence-electron chi connectivity index (χ0n) is 13.2. The topological polar surface area (TPSA) is 62.7 Å². The summed E-state index contributed by atoms with van der Waals surface area (Å²) < 4.78 is 2.46. The van der Waals surface area contributed by atoms with E-state index in [4.69, 9.17) is 12.2 Å². The molecule has 2 rings (SSSR count). The Labute approximate surface area is 135 Å². The number of hydrogen-bond donors (Lipinski definition) is 2. The predicted molar refractivity (Wildman–Crippen MR) is 89.0 cm³/mol. The van der Waals surface area contributed by atoms with Gasteiger partial charge in [0.2, 0.25) is 5.91 Å². The molecular weight excluding hydrogens is 296 g/mol. The minimum Gasteiger partial charge on any atom is -0.348 e. The molecule has 2 aromatic rings. The van der Waals surface area contributed by atoms with Crippen molar-refractivity contribution in [3.8, 4) is 0 Å². The van der Waals surface area contributed by atoms with Crippen LogP contribution in [0.5, 0.6) is 0 Å². The lowest BCUT2D eigenvalue weighted by atomic mass is 9.87. The summed E-state index contributed by atoms with van der Waals surface area (Å²) in [6.45, 7) is 7.21. The first-order valence-electron chi connectivity index (χ1n) is 7.51. The lowest BCUT2D eigenvalue weighted by molar-refractivity contribution is -0.123. The maximum absolute atomic E-state index is 12.6. The molecule has 22 heavy (non-hydrogen) atoms. The second-order valence-electron chi connectivity index (χ2n) is 5.54. The van der Waals surface area contributed by atoms with E-state index in [1.807, 2.05) is 41.8 Å². The fourth-order valence-electron chi connectivity index (χ4n) is 2.59. The average Bonchev–Trinajstić information content (AvgIpc) is 2.86. The third-order valence-electron chi connectivity index (χ3n) is 3.68. The zero-order valence-corrected chi connectivity index (χ0v) is 14.0. The van der Waals surface area contributed by atoms with Crippen molar-refractivity contribution in [1.82, 2.24) is 20.1 Å². The van der Waals surface area contributed by atoms with Gasteiger partial charge in [0.05, 0.1) is 12.5 Å². The molecule has 5 nitrogen and oxygen atoms in total. The summed E-state index contributed by atoms with van der Waals surface area (Å²) in [5.74, 6) is 0.807. The first-order chi connectivity index (χ1) is 10.5. The number of nitrogens with one attached hydrogen (secondary N) is 2. The largest absolute Gasteiger partial charge is 0.348 e. The van der Waals surface area contributed by atoms with Crippen LogP contribution in [0.1, 0.15) is 38.1 Å². The Morgan fingerprint density at radius 2 is 2.05 bits per heavy atom. The molecule has 1 aromatic heterocycles. The highest BCUT2D eigenvalue weighted by Gasteiger charge is 2.24. The number of hydrogen-bond acceptors (Lipinski definition) is 3. The van der Waals surface area contributed by atoms with Crippen LogP contribution in [0, 0.1) is 10.7 Å². The molecule has 0 radical (unpaired) electrons. The first-order valence-corrected chi connectivity index (χ1v) is 7.92. The van der Waals surface area contributed by atoms with E-state index in [1.165, 1.54) is 0 Å². The fraction of sp³-hybridized carbons (Fsp3) is 0.438. The Bertz CT molecular complexity index is 675. The third kappa shape index (κ3) is 3.62. The monoisotopic (exact) mass is 318 g/mol. The van der Waals surface area contributed by atoms with E-state index >= 15 is 0 Å². The highest BCUT2D eigenvalue weighted by Crippen LogP contribution is 2.24. The van der Waals surface area contributed by atoms with Crippen LogP contribution in [0.3, 0.4) is 0 Å². The molecule has 0 aliphatic heterocycles. The van der Waals surface area contributed by atoms with E-state index in [2.05, 4.69) is 29.4 Å². The Balaban J connectivity index is 2.11. The second-order valence-corrected chi connectivity index (χ2v) is 5.93. The van der Waals surface area contributed by atoms with Gasteiger partial charge in [-0.15, -0.1) is 0 Å². The molecule has 1 amide bonds. The van der Waals surface area contributed by atoms with Crippen molar-refractivity contribution in [2.24, 2.45) is 5.92 Å². The van der Waals surface area contributed by atoms with Crippen LogP contribution in [0.4, 0.5) is 0 Å². The molecule has 2 N–H and O–H groups in total. The van der Waals surface area contributed by atoms with E-state index in [0.29, 0.717) is 11.3 Å². The smallest absolute Gasteiger partial charge is 0.228 e. The zero-order chi connectivity index (χ0) is 16.1. The molecule has 1 heterocycles. The number of aromatic amines is 1. The standard InChI is InChI=1S/C16H22N4OS/c1-4-20-13(18-19-16(20)22)10-17-15(21)14(11(2)3)12-8-6-5-7-9-12/h5-9,11,14H,4,10H2,1-3H3,(H,17,21)(H,19,22)/t14-/m1/s1. The SMILES string of the molecule is CCn1c(CNC(=O)[C@@H](c2ccccc2)C(C)C)n[nH]c1=S. The summed E-state index contributed by atoms with van der Waals surface area (Å²) in [6.07, 6.45) is 0. The molecule has 0 aliphatic carbocycles. The molecule has 6 heteroatoms. The van der Waals surface area contributed by atoms with Crippen molar-refractivity contribution in [2.45, 2.75) is 39.8 Å². The van der Waals surface area contributed by atoms with Crippen LogP contribution in [-0.4, -0.2) is 20.7 Å². The number of amides is 1. The van der Waals surface area contributed by atoms with Crippen molar-refractivity contribution in [2.75, 3.05) is 0 Å². The van der Waals surface area contributed by atoms with Gasteiger partial charge in [-0.1, -0.05) is 44.2 Å². The summed E-state index contributed by atoms with van der Waals surface area (Å²) >= 11 is 5.15. The summed E-state index contributed by atoms with van der Waals surface area (Å²) in [5, 5.41) is 9.90. The van der Waals surface area contributed by atoms with E-state index in [0.717, 1.165) is 17.9 Å². The maximum Gasteiger partial charge on any atom is 0.228 e. The third-order valence-corrected chi connectivity index (χ3v) is 3.99. The van der Waals surface area contributed by atoms with Crippen molar-refractivity contribution in [3.63, 3.8) is 0 Å². The number of H-pyrrole nitrogens is 1. The minimum atomic E-state index is -0.168. The normalized spacial score (nSPS) is 12.4. The molecule has 1 atom stereocenters. The van der Waals surface area contributed by atoms with E-state index in [1.54, 1.807) is 0 Å². The molecule has 0 fully saturated rings. The van der Waals surface area contributed by atoms with Gasteiger partial charge in [-0.05, 0) is 30.6 Å². The number of benzene rings is 1. The van der Waals surface area contributed by atoms with Gasteiger partial charge < -0.3 is 9.88 Å². The second kappa shape index (κ2) is 7.35. The van der Waals surface area contributed by atoms with Crippen LogP contribution in [0.2, 0.25) is 0 Å². The molecule has 0 saturated heterocycles. The van der Waals surface area contributed by atoms with Crippen molar-refractivity contribution in [1.29, 1.82) is 0 Å². The number of rotatable bonds is 6. The molecule has 118 valence electrons. The van der Waals surface area contributed by atoms with Gasteiger partial charge >= 0.3 is 0 Å². The van der Waals surface area contributed by atoms with Crippen molar-refractivity contribution < 1.29 is 4.79 Å². The molecule has 1 aromatic carbocycles. The van der Waals surface area contributed by atoms with Crippen molar-refractivity contribution >= 4 is 18.1 Å². The first kappa shape index (κ1) is 16.4. The van der Waals surface area contributed by atoms with Gasteiger partial charge in [0.1, 0.15) is 0 Å². The van der Waals surface area contributed by atoms with Gasteiger partial charge in [0.25, 0.3) is 0 Å². The summed E-state index contributed by atoms with van der Waals surface area (Å²) in [5.41, 5.74) is 1.03. The molecule has 0 aliphatic rings. The summed E-state index contributed by atoms with van der Waals surface area (Å²) in [7, 11) is 0. The van der Waals surface area contributed by atoms with Gasteiger partial charge in [-0.3, -0.25) is 9.89 Å². The van der Waals surface area contributed by atoms with Gasteiger partial charge in [-0.25, -0.2) is 0 Å². The molecule has 0 spiro atoms. The number of carbonyl (C=O) groups is 1. The van der Waals surface area contributed by atoms with Gasteiger partial charge in [0.15, 0.2) is 10.6 Å². The Kier molecular flexibility index (Phi) is 5.49. The Hall–Kier alpha value is -1.95. The van der Waals surface area contributed by atoms with Crippen LogP contribution in [0.25, 0.3) is 0 Å². The number of carbonyl (C=O) groups excluding carboxylic acids is 1. The highest BCUT2D eigenvalue weighted by molar-refractivity contribution is 7.71. The summed E-state index contributed by atoms with van der Waals surface area (Å²) in [6, 6.07) is 9.86. The quantitative estimate of drug-likeness (QED) is 0.805. The molecular formula is C16H22N4OS. The lowest BCUT2D eigenvalue weighted by Crippen LogP contribution is -2.32. The van der Waals surface area contributed by atoms with Crippen LogP contribution < -0.4 is 5.32 Å². The highest BCUT2D eigenvalue weighted by atomic mass is 32.1. The Morgan fingerprint density at radius 3 is 2.64 bits per heavy atom. The fourth-order valence-corrected chi connectivity index (χ4v) is 2.87. The van der Waals surface area contributed by atoms with Gasteiger partial charge in [-0.2, -0.15) is 5.10 Å². The van der Waals surface area contributed by atoms with Crippen LogP contribution >= 0.6 is 12.2 Å². The van der Waals surface area contributed by atoms with Crippen molar-refractivity contribution in [3.05, 3.63) is 46.5 Å². The Morgan fingerprint density at radius 1 is 1.36 bits per heavy atom. The molecule has 0 saturated carbocycles. The summed E-state index contributed by atoms with van der Waals surface area (Å²) in [4.78, 5) is 12.6. The predicted octanol–water partition coefficient (Wildman–Crippen LogP) is 3.02. The minimum absolute atomic E-state index is 0.0118.